The Hall–Kier alpha value is -1.02. The molecule has 0 saturated heterocycles. The first-order valence-corrected chi connectivity index (χ1v) is 3.48. The molecule has 0 spiro atoms. The van der Waals surface area contributed by atoms with Crippen molar-refractivity contribution in [3.63, 3.8) is 0 Å². The van der Waals surface area contributed by atoms with Gasteiger partial charge >= 0.3 is 0 Å². The molecule has 0 aromatic carbocycles. The molecule has 0 amide bonds. The van der Waals surface area contributed by atoms with Gasteiger partial charge in [-0.2, -0.15) is 0 Å². The van der Waals surface area contributed by atoms with Crippen LogP contribution >= 0.6 is 0 Å². The highest BCUT2D eigenvalue weighted by atomic mass is 15.1. The van der Waals surface area contributed by atoms with Crippen molar-refractivity contribution in [3.8, 4) is 0 Å². The molecule has 1 atom stereocenters. The normalized spacial score (nSPS) is 28.8. The Bertz CT molecular complexity index is 213. The van der Waals surface area contributed by atoms with Gasteiger partial charge in [0.05, 0.1) is 12.7 Å². The molecule has 0 saturated carbocycles. The van der Waals surface area contributed by atoms with E-state index in [0.717, 1.165) is 6.67 Å². The number of hydrogen-bond acceptors (Lipinski definition) is 2. The van der Waals surface area contributed by atoms with Crippen molar-refractivity contribution in [3.05, 3.63) is 36.1 Å². The minimum Gasteiger partial charge on any atom is -0.378 e. The van der Waals surface area contributed by atoms with Gasteiger partial charge in [-0.25, -0.2) is 0 Å². The third-order valence-corrected chi connectivity index (χ3v) is 1.76. The zero-order valence-electron chi connectivity index (χ0n) is 5.67. The summed E-state index contributed by atoms with van der Waals surface area (Å²) in [5, 5.41) is 6.43. The molecule has 1 aliphatic heterocycles. The molecule has 0 bridgehead atoms. The first kappa shape index (κ1) is 5.74. The molecule has 1 unspecified atom stereocenters. The molecule has 0 fully saturated rings. The van der Waals surface area contributed by atoms with E-state index in [1.54, 1.807) is 0 Å². The van der Waals surface area contributed by atoms with Crippen LogP contribution in [-0.4, -0.2) is 12.7 Å². The third-order valence-electron chi connectivity index (χ3n) is 1.76. The third kappa shape index (κ3) is 0.866. The predicted molar refractivity (Wildman–Crippen MR) is 41.3 cm³/mol. The second kappa shape index (κ2) is 2.31. The first-order valence-electron chi connectivity index (χ1n) is 3.48. The molecule has 52 valence electrons. The molecule has 2 aliphatic rings. The quantitative estimate of drug-likeness (QED) is 0.504. The van der Waals surface area contributed by atoms with Crippen molar-refractivity contribution < 1.29 is 0 Å². The topological polar surface area (TPSA) is 24.1 Å². The van der Waals surface area contributed by atoms with Crippen LogP contribution in [0.25, 0.3) is 0 Å². The Morgan fingerprint density at radius 3 is 3.30 bits per heavy atom. The van der Waals surface area contributed by atoms with Crippen LogP contribution in [0, 0.1) is 0 Å². The molecule has 2 nitrogen and oxygen atoms in total. The smallest absolute Gasteiger partial charge is 0.0655 e. The van der Waals surface area contributed by atoms with Crippen molar-refractivity contribution in [1.82, 2.24) is 10.6 Å². The molecule has 1 heterocycles. The van der Waals surface area contributed by atoms with E-state index in [1.807, 2.05) is 0 Å². The van der Waals surface area contributed by atoms with Gasteiger partial charge in [-0.05, 0) is 5.57 Å². The highest BCUT2D eigenvalue weighted by Crippen LogP contribution is 2.11. The molecule has 2 N–H and O–H groups in total. The molecule has 10 heavy (non-hydrogen) atoms. The van der Waals surface area contributed by atoms with Gasteiger partial charge in [0.2, 0.25) is 0 Å². The SMILES string of the molecule is C1=CC2=CNCNC2C=C1. The minimum atomic E-state index is 0.436. The van der Waals surface area contributed by atoms with Gasteiger partial charge in [-0.1, -0.05) is 24.3 Å². The fourth-order valence-electron chi connectivity index (χ4n) is 1.22. The predicted octanol–water partition coefficient (Wildman–Crippen LogP) is 0.515. The highest BCUT2D eigenvalue weighted by Gasteiger charge is 2.12. The number of allylic oxidation sites excluding steroid dienone is 2. The largest absolute Gasteiger partial charge is 0.378 e. The van der Waals surface area contributed by atoms with Crippen molar-refractivity contribution in [2.45, 2.75) is 6.04 Å². The maximum atomic E-state index is 3.30. The summed E-state index contributed by atoms with van der Waals surface area (Å²) in [5.74, 6) is 0. The van der Waals surface area contributed by atoms with E-state index in [4.69, 9.17) is 0 Å². The fraction of sp³-hybridized carbons (Fsp3) is 0.250. The standard InChI is InChI=1S/C8H10N2/c1-2-4-8-7(3-1)5-9-6-10-8/h1-5,8-10H,6H2. The van der Waals surface area contributed by atoms with E-state index in [-0.39, 0.29) is 0 Å². The summed E-state index contributed by atoms with van der Waals surface area (Å²) in [7, 11) is 0. The lowest BCUT2D eigenvalue weighted by atomic mass is 10.0. The maximum Gasteiger partial charge on any atom is 0.0655 e. The average Bonchev–Trinajstić information content (AvgIpc) is 2.05. The fourth-order valence-corrected chi connectivity index (χ4v) is 1.22. The summed E-state index contributed by atoms with van der Waals surface area (Å²) in [6.45, 7) is 0.867. The van der Waals surface area contributed by atoms with E-state index in [1.165, 1.54) is 5.57 Å². The maximum absolute atomic E-state index is 3.30. The Labute approximate surface area is 60.3 Å². The minimum absolute atomic E-state index is 0.436. The van der Waals surface area contributed by atoms with Crippen LogP contribution in [0.5, 0.6) is 0 Å². The van der Waals surface area contributed by atoms with Crippen LogP contribution < -0.4 is 10.6 Å². The zero-order valence-corrected chi connectivity index (χ0v) is 5.67. The molecule has 2 heteroatoms. The van der Waals surface area contributed by atoms with Gasteiger partial charge in [-0.3, -0.25) is 5.32 Å². The van der Waals surface area contributed by atoms with Crippen LogP contribution in [-0.2, 0) is 0 Å². The van der Waals surface area contributed by atoms with Gasteiger partial charge in [0.25, 0.3) is 0 Å². The van der Waals surface area contributed by atoms with Crippen molar-refractivity contribution in [2.75, 3.05) is 6.67 Å². The summed E-state index contributed by atoms with van der Waals surface area (Å²) in [6, 6.07) is 0.436. The first-order chi connectivity index (χ1) is 4.97. The van der Waals surface area contributed by atoms with Crippen LogP contribution in [0.1, 0.15) is 0 Å². The molecular formula is C8H10N2. The second-order valence-electron chi connectivity index (χ2n) is 2.45. The molecule has 0 aromatic rings. The van der Waals surface area contributed by atoms with Crippen molar-refractivity contribution in [2.24, 2.45) is 0 Å². The van der Waals surface area contributed by atoms with Crippen molar-refractivity contribution >= 4 is 0 Å². The van der Waals surface area contributed by atoms with Crippen molar-refractivity contribution in [1.29, 1.82) is 0 Å². The van der Waals surface area contributed by atoms with E-state index in [0.29, 0.717) is 6.04 Å². The van der Waals surface area contributed by atoms with Crippen LogP contribution in [0.15, 0.2) is 36.1 Å². The lowest BCUT2D eigenvalue weighted by molar-refractivity contribution is 0.588. The van der Waals surface area contributed by atoms with Crippen LogP contribution in [0.2, 0.25) is 0 Å². The van der Waals surface area contributed by atoms with E-state index in [2.05, 4.69) is 41.1 Å². The Morgan fingerprint density at radius 2 is 2.40 bits per heavy atom. The zero-order chi connectivity index (χ0) is 6.81. The van der Waals surface area contributed by atoms with Gasteiger partial charge < -0.3 is 5.32 Å². The van der Waals surface area contributed by atoms with Gasteiger partial charge in [0.1, 0.15) is 0 Å². The van der Waals surface area contributed by atoms with Gasteiger partial charge in [-0.15, -0.1) is 0 Å². The van der Waals surface area contributed by atoms with E-state index >= 15 is 0 Å². The Kier molecular flexibility index (Phi) is 1.32. The summed E-state index contributed by atoms with van der Waals surface area (Å²) in [6.07, 6.45) is 10.5. The van der Waals surface area contributed by atoms with E-state index < -0.39 is 0 Å². The summed E-state index contributed by atoms with van der Waals surface area (Å²) in [5.41, 5.74) is 1.31. The number of hydrogen-bond donors (Lipinski definition) is 2. The molecule has 2 rings (SSSR count). The molecule has 1 aliphatic carbocycles. The number of rotatable bonds is 0. The van der Waals surface area contributed by atoms with E-state index in [9.17, 15) is 0 Å². The van der Waals surface area contributed by atoms with Gasteiger partial charge in [0, 0.05) is 6.20 Å². The molecular weight excluding hydrogens is 124 g/mol. The number of fused-ring (bicyclic) bond motifs is 1. The lowest BCUT2D eigenvalue weighted by Gasteiger charge is -2.23. The second-order valence-corrected chi connectivity index (χ2v) is 2.45. The highest BCUT2D eigenvalue weighted by molar-refractivity contribution is 5.36. The Balaban J connectivity index is 2.27. The summed E-state index contributed by atoms with van der Waals surface area (Å²) < 4.78 is 0. The van der Waals surface area contributed by atoms with Gasteiger partial charge in [0.15, 0.2) is 0 Å². The summed E-state index contributed by atoms with van der Waals surface area (Å²) in [4.78, 5) is 0. The summed E-state index contributed by atoms with van der Waals surface area (Å²) >= 11 is 0. The molecule has 0 radical (unpaired) electrons. The monoisotopic (exact) mass is 134 g/mol. The lowest BCUT2D eigenvalue weighted by Crippen LogP contribution is -2.40. The number of nitrogens with one attached hydrogen (secondary N) is 2. The van der Waals surface area contributed by atoms with Crippen LogP contribution in [0.4, 0.5) is 0 Å². The molecule has 0 aromatic heterocycles. The van der Waals surface area contributed by atoms with Crippen LogP contribution in [0.3, 0.4) is 0 Å². The Morgan fingerprint density at radius 1 is 1.40 bits per heavy atom. The average molecular weight is 134 g/mol.